The van der Waals surface area contributed by atoms with Gasteiger partial charge in [0.15, 0.2) is 0 Å². The molecule has 1 rings (SSSR count). The van der Waals surface area contributed by atoms with E-state index < -0.39 is 14.7 Å². The van der Waals surface area contributed by atoms with E-state index >= 15 is 0 Å². The Balaban J connectivity index is 0.000000423. The number of nitrogen functional groups attached to an aromatic ring is 1. The van der Waals surface area contributed by atoms with Gasteiger partial charge in [0.1, 0.15) is 0 Å². The van der Waals surface area contributed by atoms with Crippen molar-refractivity contribution in [3.8, 4) is 0 Å². The second kappa shape index (κ2) is 10.1. The second-order valence-corrected chi connectivity index (χ2v) is 11.5. The SMILES string of the molecule is CCCSc1ccccc1N.[Cl][Ti]([Cl])[Cl]. The molecule has 0 aliphatic rings. The summed E-state index contributed by atoms with van der Waals surface area (Å²) in [4.78, 5) is 1.20. The van der Waals surface area contributed by atoms with Crippen molar-refractivity contribution in [2.75, 3.05) is 11.5 Å². The summed E-state index contributed by atoms with van der Waals surface area (Å²) >= 11 is -0.0946. The van der Waals surface area contributed by atoms with Crippen LogP contribution in [0.2, 0.25) is 0 Å². The molecule has 0 spiro atoms. The predicted octanol–water partition coefficient (Wildman–Crippen LogP) is 4.84. The summed E-state index contributed by atoms with van der Waals surface area (Å²) < 4.78 is 0. The van der Waals surface area contributed by atoms with Gasteiger partial charge < -0.3 is 5.73 Å². The summed E-state index contributed by atoms with van der Waals surface area (Å²) in [6.45, 7) is 2.17. The van der Waals surface area contributed by atoms with Crippen LogP contribution in [0.15, 0.2) is 29.2 Å². The maximum absolute atomic E-state index is 5.74. The average Bonchev–Trinajstić information content (AvgIpc) is 2.16. The molecule has 0 fully saturated rings. The van der Waals surface area contributed by atoms with Gasteiger partial charge in [-0.05, 0) is 24.3 Å². The Morgan fingerprint density at radius 1 is 1.27 bits per heavy atom. The van der Waals surface area contributed by atoms with Gasteiger partial charge in [0.05, 0.1) is 0 Å². The van der Waals surface area contributed by atoms with Gasteiger partial charge >= 0.3 is 42.6 Å². The van der Waals surface area contributed by atoms with Crippen LogP contribution in [0.3, 0.4) is 0 Å². The molecule has 15 heavy (non-hydrogen) atoms. The summed E-state index contributed by atoms with van der Waals surface area (Å²) in [5.41, 5.74) is 6.63. The number of rotatable bonds is 3. The van der Waals surface area contributed by atoms with Gasteiger partial charge in [-0.1, -0.05) is 19.1 Å². The molecular weight excluding hydrogens is 308 g/mol. The fraction of sp³-hybridized carbons (Fsp3) is 0.333. The predicted molar refractivity (Wildman–Crippen MR) is 69.4 cm³/mol. The third kappa shape index (κ3) is 9.86. The number of hydrogen-bond acceptors (Lipinski definition) is 2. The van der Waals surface area contributed by atoms with Gasteiger partial charge in [-0.25, -0.2) is 0 Å². The van der Waals surface area contributed by atoms with E-state index in [-0.39, 0.29) is 0 Å². The van der Waals surface area contributed by atoms with Crippen molar-refractivity contribution >= 4 is 45.4 Å². The summed E-state index contributed by atoms with van der Waals surface area (Å²) in [6.07, 6.45) is 1.19. The number of anilines is 1. The molecule has 1 nitrogen and oxygen atoms in total. The van der Waals surface area contributed by atoms with Gasteiger partial charge in [0.25, 0.3) is 0 Å². The molecule has 0 aromatic heterocycles. The number of benzene rings is 1. The van der Waals surface area contributed by atoms with Crippen LogP contribution in [0.4, 0.5) is 5.69 Å². The zero-order chi connectivity index (χ0) is 11.7. The van der Waals surface area contributed by atoms with E-state index in [1.807, 2.05) is 30.0 Å². The first-order valence-corrected chi connectivity index (χ1v) is 11.8. The Labute approximate surface area is 113 Å². The van der Waals surface area contributed by atoms with Crippen molar-refractivity contribution in [3.63, 3.8) is 0 Å². The van der Waals surface area contributed by atoms with Crippen LogP contribution >= 0.6 is 39.7 Å². The molecule has 0 radical (unpaired) electrons. The first kappa shape index (κ1) is 16.0. The molecule has 0 saturated heterocycles. The van der Waals surface area contributed by atoms with E-state index in [9.17, 15) is 0 Å². The van der Waals surface area contributed by atoms with Crippen molar-refractivity contribution in [1.82, 2.24) is 0 Å². The minimum atomic E-state index is -1.92. The fourth-order valence-corrected chi connectivity index (χ4v) is 1.66. The molecule has 0 bridgehead atoms. The van der Waals surface area contributed by atoms with Crippen LogP contribution in [0.25, 0.3) is 0 Å². The van der Waals surface area contributed by atoms with E-state index in [0.717, 1.165) is 11.4 Å². The van der Waals surface area contributed by atoms with Crippen LogP contribution < -0.4 is 5.73 Å². The number of hydrogen-bond donors (Lipinski definition) is 1. The second-order valence-electron chi connectivity index (χ2n) is 2.60. The first-order chi connectivity index (χ1) is 7.07. The maximum atomic E-state index is 5.74. The van der Waals surface area contributed by atoms with Crippen LogP contribution in [-0.4, -0.2) is 5.75 Å². The number of nitrogens with two attached hydrogens (primary N) is 1. The van der Waals surface area contributed by atoms with E-state index in [0.29, 0.717) is 0 Å². The Kier molecular flexibility index (Phi) is 10.8. The van der Waals surface area contributed by atoms with Gasteiger partial charge in [-0.15, -0.1) is 11.8 Å². The Morgan fingerprint density at radius 2 is 1.80 bits per heavy atom. The molecule has 0 unspecified atom stereocenters. The Bertz CT molecular complexity index is 271. The third-order valence-corrected chi connectivity index (χ3v) is 2.68. The minimum absolute atomic E-state index is 0.894. The number of para-hydroxylation sites is 1. The van der Waals surface area contributed by atoms with Crippen molar-refractivity contribution in [1.29, 1.82) is 0 Å². The Hall–Kier alpha value is 0.954. The molecular formula is C9H13Cl3NSTi. The Morgan fingerprint density at radius 3 is 2.27 bits per heavy atom. The van der Waals surface area contributed by atoms with E-state index in [2.05, 4.69) is 13.0 Å². The summed E-state index contributed by atoms with van der Waals surface area (Å²) in [7, 11) is 14.9. The molecule has 1 aromatic rings. The molecule has 0 aliphatic carbocycles. The normalized spacial score (nSPS) is 9.07. The standard InChI is InChI=1S/C9H13NS.3ClH.Ti/c1-2-7-11-9-6-4-3-5-8(9)10;;;;/h3-6H,2,7,10H2,1H3;3*1H;/q;;;;+3/p-3. The molecule has 1 aromatic carbocycles. The van der Waals surface area contributed by atoms with Crippen LogP contribution in [0.1, 0.15) is 13.3 Å². The van der Waals surface area contributed by atoms with Crippen LogP contribution in [0, 0.1) is 0 Å². The monoisotopic (exact) mass is 320 g/mol. The topological polar surface area (TPSA) is 26.0 Å². The van der Waals surface area contributed by atoms with Gasteiger partial charge in [-0.2, -0.15) is 0 Å². The molecule has 0 atom stereocenters. The average molecular weight is 322 g/mol. The zero-order valence-electron chi connectivity index (χ0n) is 8.34. The van der Waals surface area contributed by atoms with E-state index in [1.54, 1.807) is 0 Å². The van der Waals surface area contributed by atoms with Gasteiger partial charge in [0, 0.05) is 10.6 Å². The fourth-order valence-electron chi connectivity index (χ4n) is 0.824. The zero-order valence-corrected chi connectivity index (χ0v) is 13.0. The summed E-state index contributed by atoms with van der Waals surface area (Å²) in [5, 5.41) is 0. The third-order valence-electron chi connectivity index (χ3n) is 1.38. The van der Waals surface area contributed by atoms with Crippen molar-refractivity contribution in [2.24, 2.45) is 0 Å². The molecule has 2 N–H and O–H groups in total. The quantitative estimate of drug-likeness (QED) is 0.490. The van der Waals surface area contributed by atoms with Crippen molar-refractivity contribution in [2.45, 2.75) is 18.2 Å². The van der Waals surface area contributed by atoms with Gasteiger partial charge in [-0.3, -0.25) is 0 Å². The first-order valence-electron chi connectivity index (χ1n) is 4.38. The molecule has 85 valence electrons. The van der Waals surface area contributed by atoms with E-state index in [1.165, 1.54) is 11.3 Å². The van der Waals surface area contributed by atoms with E-state index in [4.69, 9.17) is 33.6 Å². The van der Waals surface area contributed by atoms with Crippen LogP contribution in [-0.2, 0) is 14.7 Å². The van der Waals surface area contributed by atoms with Crippen molar-refractivity contribution in [3.05, 3.63) is 24.3 Å². The number of halogens is 3. The van der Waals surface area contributed by atoms with Crippen LogP contribution in [0.5, 0.6) is 0 Å². The summed E-state index contributed by atoms with van der Waals surface area (Å²) in [5.74, 6) is 1.15. The molecule has 0 amide bonds. The molecule has 0 heterocycles. The summed E-state index contributed by atoms with van der Waals surface area (Å²) in [6, 6.07) is 7.99. The van der Waals surface area contributed by atoms with Crippen molar-refractivity contribution < 1.29 is 14.7 Å². The molecule has 0 aliphatic heterocycles. The van der Waals surface area contributed by atoms with Gasteiger partial charge in [0.2, 0.25) is 0 Å². The molecule has 6 heteroatoms. The number of thioether (sulfide) groups is 1. The molecule has 0 saturated carbocycles.